The topological polar surface area (TPSA) is 67.3 Å². The van der Waals surface area contributed by atoms with Gasteiger partial charge in [-0.2, -0.15) is 17.6 Å². The largest absolute Gasteiger partial charge is 0.461 e. The van der Waals surface area contributed by atoms with Gasteiger partial charge in [-0.05, 0) is 18.6 Å². The summed E-state index contributed by atoms with van der Waals surface area (Å²) >= 11 is 0. The Morgan fingerprint density at radius 3 is 2.58 bits per heavy atom. The summed E-state index contributed by atoms with van der Waals surface area (Å²) in [7, 11) is 0. The predicted octanol–water partition coefficient (Wildman–Crippen LogP) is 4.47. The van der Waals surface area contributed by atoms with Crippen LogP contribution in [0.25, 0.3) is 11.0 Å². The third-order valence-electron chi connectivity index (χ3n) is 5.03. The number of carbonyl (C=O) groups is 1. The van der Waals surface area contributed by atoms with E-state index in [0.29, 0.717) is 6.42 Å². The first kappa shape index (κ1) is 22.6. The molecule has 1 aromatic heterocycles. The van der Waals surface area contributed by atoms with E-state index in [4.69, 9.17) is 0 Å². The molecular weight excluding hydrogens is 454 g/mol. The SMILES string of the molecule is O=C(c1ccccc1OC(F)(F)C(F)F)N1CCC(Nc2cnc3cc(F)c(F)cc3n2)C1. The van der Waals surface area contributed by atoms with Crippen LogP contribution in [0.5, 0.6) is 5.75 Å². The molecule has 0 saturated carbocycles. The molecule has 4 rings (SSSR count). The molecule has 1 amide bonds. The van der Waals surface area contributed by atoms with E-state index >= 15 is 0 Å². The first-order valence-electron chi connectivity index (χ1n) is 9.75. The smallest absolute Gasteiger partial charge is 0.427 e. The van der Waals surface area contributed by atoms with Crippen LogP contribution in [0.15, 0.2) is 42.6 Å². The van der Waals surface area contributed by atoms with Gasteiger partial charge in [-0.3, -0.25) is 9.78 Å². The number of nitrogens with one attached hydrogen (secondary N) is 1. The second-order valence-corrected chi connectivity index (χ2v) is 7.35. The van der Waals surface area contributed by atoms with Gasteiger partial charge in [0.05, 0.1) is 22.8 Å². The van der Waals surface area contributed by atoms with Crippen molar-refractivity contribution in [2.75, 3.05) is 18.4 Å². The van der Waals surface area contributed by atoms with Gasteiger partial charge in [0.1, 0.15) is 11.6 Å². The highest BCUT2D eigenvalue weighted by atomic mass is 19.3. The van der Waals surface area contributed by atoms with Crippen molar-refractivity contribution < 1.29 is 35.9 Å². The lowest BCUT2D eigenvalue weighted by Gasteiger charge is -2.21. The molecule has 1 N–H and O–H groups in total. The van der Waals surface area contributed by atoms with Crippen LogP contribution in [0.4, 0.5) is 32.2 Å². The molecule has 1 aliphatic heterocycles. The van der Waals surface area contributed by atoms with Gasteiger partial charge in [0.25, 0.3) is 5.91 Å². The summed E-state index contributed by atoms with van der Waals surface area (Å²) in [6.45, 7) is 0.396. The summed E-state index contributed by atoms with van der Waals surface area (Å²) in [5.74, 6) is -3.16. The number of aromatic nitrogens is 2. The minimum Gasteiger partial charge on any atom is -0.427 e. The van der Waals surface area contributed by atoms with E-state index in [-0.39, 0.29) is 41.5 Å². The molecule has 1 atom stereocenters. The zero-order chi connectivity index (χ0) is 23.8. The summed E-state index contributed by atoms with van der Waals surface area (Å²) < 4.78 is 82.6. The van der Waals surface area contributed by atoms with Crippen molar-refractivity contribution in [1.82, 2.24) is 14.9 Å². The van der Waals surface area contributed by atoms with E-state index in [1.807, 2.05) is 0 Å². The molecule has 3 aromatic rings. The number of likely N-dealkylation sites (tertiary alicyclic amines) is 1. The number of amides is 1. The van der Waals surface area contributed by atoms with Crippen LogP contribution in [0.3, 0.4) is 0 Å². The highest BCUT2D eigenvalue weighted by Gasteiger charge is 2.45. The Hall–Kier alpha value is -3.57. The van der Waals surface area contributed by atoms with Gasteiger partial charge >= 0.3 is 12.5 Å². The molecule has 1 aliphatic rings. The average Bonchev–Trinajstić information content (AvgIpc) is 3.23. The van der Waals surface area contributed by atoms with Crippen LogP contribution < -0.4 is 10.1 Å². The Morgan fingerprint density at radius 2 is 1.85 bits per heavy atom. The van der Waals surface area contributed by atoms with Gasteiger partial charge in [0.15, 0.2) is 11.6 Å². The van der Waals surface area contributed by atoms with Crippen molar-refractivity contribution in [3.8, 4) is 5.75 Å². The second-order valence-electron chi connectivity index (χ2n) is 7.35. The molecule has 1 saturated heterocycles. The summed E-state index contributed by atoms with van der Waals surface area (Å²) in [5, 5.41) is 3.04. The summed E-state index contributed by atoms with van der Waals surface area (Å²) in [5.41, 5.74) is 0.0252. The lowest BCUT2D eigenvalue weighted by atomic mass is 10.1. The number of fused-ring (bicyclic) bond motifs is 1. The lowest BCUT2D eigenvalue weighted by Crippen LogP contribution is -2.35. The maximum atomic E-state index is 13.5. The normalized spacial score (nSPS) is 16.5. The fraction of sp³-hybridized carbons (Fsp3) is 0.286. The van der Waals surface area contributed by atoms with Gasteiger partial charge in [-0.25, -0.2) is 13.8 Å². The van der Waals surface area contributed by atoms with Gasteiger partial charge in [0, 0.05) is 31.3 Å². The Kier molecular flexibility index (Phi) is 6.00. The van der Waals surface area contributed by atoms with Crippen molar-refractivity contribution in [2.24, 2.45) is 0 Å². The number of nitrogens with zero attached hydrogens (tertiary/aromatic N) is 3. The number of hydrogen-bond acceptors (Lipinski definition) is 5. The maximum Gasteiger partial charge on any atom is 0.461 e. The number of benzene rings is 2. The van der Waals surface area contributed by atoms with Gasteiger partial charge < -0.3 is 15.0 Å². The van der Waals surface area contributed by atoms with Gasteiger partial charge in [-0.1, -0.05) is 12.1 Å². The molecule has 1 unspecified atom stereocenters. The summed E-state index contributed by atoms with van der Waals surface area (Å²) in [6.07, 6.45) is -7.02. The van der Waals surface area contributed by atoms with Crippen LogP contribution in [-0.2, 0) is 0 Å². The Labute approximate surface area is 183 Å². The van der Waals surface area contributed by atoms with Crippen LogP contribution in [0.2, 0.25) is 0 Å². The maximum absolute atomic E-state index is 13.5. The summed E-state index contributed by atoms with van der Waals surface area (Å²) in [4.78, 5) is 22.4. The van der Waals surface area contributed by atoms with Crippen LogP contribution in [0, 0.1) is 11.6 Å². The number of anilines is 1. The zero-order valence-corrected chi connectivity index (χ0v) is 16.7. The molecule has 2 heterocycles. The molecule has 0 radical (unpaired) electrons. The molecular formula is C21H16F6N4O2. The van der Waals surface area contributed by atoms with E-state index in [1.165, 1.54) is 29.3 Å². The van der Waals surface area contributed by atoms with Crippen molar-refractivity contribution >= 4 is 22.8 Å². The second kappa shape index (κ2) is 8.75. The average molecular weight is 470 g/mol. The molecule has 0 aliphatic carbocycles. The molecule has 1 fully saturated rings. The molecule has 174 valence electrons. The number of ether oxygens (including phenoxy) is 1. The molecule has 33 heavy (non-hydrogen) atoms. The van der Waals surface area contributed by atoms with Crippen molar-refractivity contribution in [2.45, 2.75) is 25.0 Å². The first-order valence-corrected chi connectivity index (χ1v) is 9.75. The molecule has 12 heteroatoms. The highest BCUT2D eigenvalue weighted by molar-refractivity contribution is 5.97. The van der Waals surface area contributed by atoms with Gasteiger partial charge in [-0.15, -0.1) is 0 Å². The van der Waals surface area contributed by atoms with Crippen LogP contribution in [0.1, 0.15) is 16.8 Å². The van der Waals surface area contributed by atoms with E-state index in [9.17, 15) is 31.1 Å². The van der Waals surface area contributed by atoms with E-state index in [1.54, 1.807) is 0 Å². The summed E-state index contributed by atoms with van der Waals surface area (Å²) in [6, 6.07) is 6.45. The monoisotopic (exact) mass is 470 g/mol. The van der Waals surface area contributed by atoms with Crippen molar-refractivity contribution in [3.63, 3.8) is 0 Å². The molecule has 0 bridgehead atoms. The van der Waals surface area contributed by atoms with Crippen LogP contribution >= 0.6 is 0 Å². The van der Waals surface area contributed by atoms with Crippen molar-refractivity contribution in [3.05, 3.63) is 59.8 Å². The molecule has 2 aromatic carbocycles. The minimum atomic E-state index is -4.75. The minimum absolute atomic E-state index is 0.135. The fourth-order valence-electron chi connectivity index (χ4n) is 3.44. The number of para-hydroxylation sites is 1. The first-order chi connectivity index (χ1) is 15.6. The number of hydrogen-bond donors (Lipinski definition) is 1. The van der Waals surface area contributed by atoms with E-state index < -0.39 is 35.8 Å². The Balaban J connectivity index is 1.46. The third kappa shape index (κ3) is 4.78. The van der Waals surface area contributed by atoms with Crippen LogP contribution in [-0.4, -0.2) is 52.4 Å². The standard InChI is InChI=1S/C21H16F6N4O2/c22-13-7-15-16(8-14(13)23)30-18(9-28-15)29-11-5-6-31(10-11)19(32)12-3-1-2-4-17(12)33-21(26,27)20(24)25/h1-4,7-9,11,20H,5-6,10H2,(H,29,30). The molecule has 6 nitrogen and oxygen atoms in total. The lowest BCUT2D eigenvalue weighted by molar-refractivity contribution is -0.253. The fourth-order valence-corrected chi connectivity index (χ4v) is 3.44. The van der Waals surface area contributed by atoms with Gasteiger partial charge in [0.2, 0.25) is 0 Å². The predicted molar refractivity (Wildman–Crippen MR) is 105 cm³/mol. The number of carbonyl (C=O) groups excluding carboxylic acids is 1. The van der Waals surface area contributed by atoms with E-state index in [0.717, 1.165) is 18.2 Å². The van der Waals surface area contributed by atoms with E-state index in [2.05, 4.69) is 20.0 Å². The number of alkyl halides is 4. The molecule has 0 spiro atoms. The Bertz CT molecular complexity index is 1190. The zero-order valence-electron chi connectivity index (χ0n) is 16.7. The quantitative estimate of drug-likeness (QED) is 0.539. The highest BCUT2D eigenvalue weighted by Crippen LogP contribution is 2.31. The number of halogens is 6. The number of rotatable bonds is 6. The third-order valence-corrected chi connectivity index (χ3v) is 5.03. The van der Waals surface area contributed by atoms with Crippen molar-refractivity contribution in [1.29, 1.82) is 0 Å². The Morgan fingerprint density at radius 1 is 1.15 bits per heavy atom.